The third-order valence-electron chi connectivity index (χ3n) is 2.57. The maximum atomic E-state index is 12.6. The van der Waals surface area contributed by atoms with Crippen molar-refractivity contribution < 1.29 is 37.2 Å². The number of nitrogens with zero attached hydrogens (tertiary/aromatic N) is 1. The van der Waals surface area contributed by atoms with Crippen molar-refractivity contribution in [2.75, 3.05) is 18.5 Å². The van der Waals surface area contributed by atoms with E-state index in [1.807, 2.05) is 0 Å². The van der Waals surface area contributed by atoms with Crippen LogP contribution in [-0.2, 0) is 20.5 Å². The maximum absolute atomic E-state index is 12.6. The van der Waals surface area contributed by atoms with Crippen molar-refractivity contribution in [2.24, 2.45) is 5.73 Å². The van der Waals surface area contributed by atoms with Gasteiger partial charge < -0.3 is 15.8 Å². The molecule has 1 aromatic rings. The van der Waals surface area contributed by atoms with Gasteiger partial charge in [-0.3, -0.25) is 25.0 Å². The molecule has 136 valence electrons. The summed E-state index contributed by atoms with van der Waals surface area (Å²) < 4.78 is 42.1. The number of anilines is 1. The predicted octanol–water partition coefficient (Wildman–Crippen LogP) is 0.764. The summed E-state index contributed by atoms with van der Waals surface area (Å²) in [6, 6.07) is 0.544. The molecule has 0 saturated carbocycles. The van der Waals surface area contributed by atoms with Gasteiger partial charge >= 0.3 is 18.2 Å². The lowest BCUT2D eigenvalue weighted by molar-refractivity contribution is -0.384. The number of alkyl halides is 3. The number of ether oxygens (including phenoxy) is 1. The van der Waals surface area contributed by atoms with Crippen molar-refractivity contribution in [1.82, 2.24) is 5.32 Å². The Morgan fingerprint density at radius 2 is 1.92 bits per heavy atom. The Morgan fingerprint density at radius 3 is 2.44 bits per heavy atom. The number of nitrogens with one attached hydrogen (secondary N) is 2. The first-order valence-electron chi connectivity index (χ1n) is 6.35. The molecular formula is C12H11F3N4O6. The Hall–Kier alpha value is -3.38. The van der Waals surface area contributed by atoms with Crippen LogP contribution in [0.15, 0.2) is 18.2 Å². The summed E-state index contributed by atoms with van der Waals surface area (Å²) in [5, 5.41) is 14.7. The minimum atomic E-state index is -4.77. The highest BCUT2D eigenvalue weighted by Gasteiger charge is 2.33. The molecule has 0 fully saturated rings. The number of benzene rings is 1. The van der Waals surface area contributed by atoms with Gasteiger partial charge in [-0.05, 0) is 12.1 Å². The zero-order valence-electron chi connectivity index (χ0n) is 12.3. The van der Waals surface area contributed by atoms with Crippen molar-refractivity contribution in [3.8, 4) is 0 Å². The van der Waals surface area contributed by atoms with Crippen molar-refractivity contribution in [2.45, 2.75) is 6.18 Å². The zero-order chi connectivity index (χ0) is 19.2. The molecule has 10 nitrogen and oxygen atoms in total. The van der Waals surface area contributed by atoms with Crippen LogP contribution in [0, 0.1) is 10.1 Å². The van der Waals surface area contributed by atoms with E-state index >= 15 is 0 Å². The Morgan fingerprint density at radius 1 is 1.28 bits per heavy atom. The Bertz CT molecular complexity index is 707. The fraction of sp³-hybridized carbons (Fsp3) is 0.250. The fourth-order valence-electron chi connectivity index (χ4n) is 1.55. The van der Waals surface area contributed by atoms with Crippen LogP contribution in [0.1, 0.15) is 5.56 Å². The van der Waals surface area contributed by atoms with Crippen molar-refractivity contribution in [3.63, 3.8) is 0 Å². The lowest BCUT2D eigenvalue weighted by Gasteiger charge is -2.10. The second kappa shape index (κ2) is 7.94. The van der Waals surface area contributed by atoms with Crippen molar-refractivity contribution >= 4 is 29.3 Å². The molecule has 25 heavy (non-hydrogen) atoms. The van der Waals surface area contributed by atoms with E-state index in [9.17, 15) is 37.7 Å². The summed E-state index contributed by atoms with van der Waals surface area (Å²) in [7, 11) is 0. The highest BCUT2D eigenvalue weighted by atomic mass is 19.4. The minimum Gasteiger partial charge on any atom is -0.454 e. The SMILES string of the molecule is NC(=O)NC(=O)COC(=O)CNc1ccc(C(F)(F)F)cc1[N+](=O)[O-]. The number of nitrogens with two attached hydrogens (primary N) is 1. The number of halogens is 3. The van der Waals surface area contributed by atoms with E-state index in [-0.39, 0.29) is 5.69 Å². The molecule has 0 unspecified atom stereocenters. The quantitative estimate of drug-likeness (QED) is 0.382. The first-order valence-corrected chi connectivity index (χ1v) is 6.35. The van der Waals surface area contributed by atoms with Crippen LogP contribution in [0.3, 0.4) is 0 Å². The van der Waals surface area contributed by atoms with Crippen LogP contribution < -0.4 is 16.4 Å². The number of imide groups is 1. The first kappa shape index (κ1) is 19.7. The number of nitro benzene ring substituents is 1. The van der Waals surface area contributed by atoms with Crippen LogP contribution in [0.4, 0.5) is 29.3 Å². The lowest BCUT2D eigenvalue weighted by Crippen LogP contribution is -2.38. The van der Waals surface area contributed by atoms with Gasteiger partial charge in [0.25, 0.3) is 11.6 Å². The first-order chi connectivity index (χ1) is 11.5. The number of carbonyl (C=O) groups is 3. The van der Waals surface area contributed by atoms with Crippen LogP contribution >= 0.6 is 0 Å². The molecule has 0 aromatic heterocycles. The van der Waals surface area contributed by atoms with Crippen LogP contribution in [0.2, 0.25) is 0 Å². The second-order valence-corrected chi connectivity index (χ2v) is 4.41. The highest BCUT2D eigenvalue weighted by molar-refractivity contribution is 5.94. The van der Waals surface area contributed by atoms with E-state index in [2.05, 4.69) is 15.8 Å². The molecule has 1 rings (SSSR count). The molecule has 3 amide bonds. The molecule has 0 spiro atoms. The molecule has 0 aliphatic heterocycles. The number of urea groups is 1. The standard InChI is InChI=1S/C12H11F3N4O6/c13-12(14,15)6-1-2-7(8(3-6)19(23)24)17-4-10(21)25-5-9(20)18-11(16)22/h1-3,17H,4-5H2,(H3,16,18,20,22). The summed E-state index contributed by atoms with van der Waals surface area (Å²) in [5.41, 5.74) is 2.18. The number of hydrogen-bond donors (Lipinski definition) is 3. The molecule has 0 heterocycles. The average Bonchev–Trinajstić information content (AvgIpc) is 2.49. The van der Waals surface area contributed by atoms with Gasteiger partial charge in [-0.25, -0.2) is 4.79 Å². The third-order valence-corrected chi connectivity index (χ3v) is 2.57. The van der Waals surface area contributed by atoms with Gasteiger partial charge in [0.05, 0.1) is 10.5 Å². The van der Waals surface area contributed by atoms with Gasteiger partial charge in [-0.1, -0.05) is 0 Å². The highest BCUT2D eigenvalue weighted by Crippen LogP contribution is 2.34. The van der Waals surface area contributed by atoms with Gasteiger partial charge in [0, 0.05) is 6.07 Å². The van der Waals surface area contributed by atoms with Crippen LogP contribution in [0.5, 0.6) is 0 Å². The van der Waals surface area contributed by atoms with E-state index < -0.39 is 53.4 Å². The number of amides is 3. The molecule has 1 aromatic carbocycles. The van der Waals surface area contributed by atoms with Crippen LogP contribution in [-0.4, -0.2) is 36.0 Å². The Kier molecular flexibility index (Phi) is 6.25. The number of primary amides is 1. The summed E-state index contributed by atoms with van der Waals surface area (Å²) in [5.74, 6) is -2.05. The van der Waals surface area contributed by atoms with Crippen molar-refractivity contribution in [3.05, 3.63) is 33.9 Å². The predicted molar refractivity (Wildman–Crippen MR) is 75.3 cm³/mol. The van der Waals surface area contributed by atoms with Crippen molar-refractivity contribution in [1.29, 1.82) is 0 Å². The van der Waals surface area contributed by atoms with Gasteiger partial charge in [0.2, 0.25) is 0 Å². The van der Waals surface area contributed by atoms with E-state index in [0.29, 0.717) is 12.1 Å². The normalized spacial score (nSPS) is 10.7. The number of nitro groups is 1. The summed E-state index contributed by atoms with van der Waals surface area (Å²) in [4.78, 5) is 42.5. The smallest absolute Gasteiger partial charge is 0.416 e. The lowest BCUT2D eigenvalue weighted by atomic mass is 10.1. The van der Waals surface area contributed by atoms with E-state index in [4.69, 9.17) is 0 Å². The van der Waals surface area contributed by atoms with Gasteiger partial charge in [0.1, 0.15) is 12.2 Å². The zero-order valence-corrected chi connectivity index (χ0v) is 12.3. The van der Waals surface area contributed by atoms with Gasteiger partial charge in [-0.2, -0.15) is 13.2 Å². The molecule has 4 N–H and O–H groups in total. The number of rotatable bonds is 6. The van der Waals surface area contributed by atoms with Crippen LogP contribution in [0.25, 0.3) is 0 Å². The monoisotopic (exact) mass is 364 g/mol. The fourth-order valence-corrected chi connectivity index (χ4v) is 1.55. The molecule has 0 aliphatic rings. The van der Waals surface area contributed by atoms with Gasteiger partial charge in [0.15, 0.2) is 6.61 Å². The number of carbonyl (C=O) groups excluding carboxylic acids is 3. The molecule has 0 atom stereocenters. The molecule has 0 radical (unpaired) electrons. The number of hydrogen-bond acceptors (Lipinski definition) is 7. The third kappa shape index (κ3) is 6.32. The molecular weight excluding hydrogens is 353 g/mol. The molecule has 13 heteroatoms. The molecule has 0 bridgehead atoms. The Labute approximate surface area is 137 Å². The van der Waals surface area contributed by atoms with E-state index in [0.717, 1.165) is 6.07 Å². The molecule has 0 saturated heterocycles. The summed E-state index contributed by atoms with van der Waals surface area (Å²) in [6.07, 6.45) is -4.77. The molecule has 0 aliphatic carbocycles. The summed E-state index contributed by atoms with van der Waals surface area (Å²) >= 11 is 0. The van der Waals surface area contributed by atoms with Gasteiger partial charge in [-0.15, -0.1) is 0 Å². The Balaban J connectivity index is 2.70. The second-order valence-electron chi connectivity index (χ2n) is 4.41. The largest absolute Gasteiger partial charge is 0.454 e. The average molecular weight is 364 g/mol. The summed E-state index contributed by atoms with van der Waals surface area (Å²) in [6.45, 7) is -1.51. The minimum absolute atomic E-state index is 0.313. The van der Waals surface area contributed by atoms with E-state index in [1.54, 1.807) is 5.32 Å². The maximum Gasteiger partial charge on any atom is 0.416 e. The topological polar surface area (TPSA) is 154 Å². The number of esters is 1. The van der Waals surface area contributed by atoms with E-state index in [1.165, 1.54) is 0 Å².